The van der Waals surface area contributed by atoms with Crippen LogP contribution >= 0.6 is 0 Å². The number of unbranched alkanes of at least 4 members (excludes halogenated alkanes) is 9. The van der Waals surface area contributed by atoms with Gasteiger partial charge in [0.05, 0.1) is 0 Å². The van der Waals surface area contributed by atoms with E-state index in [9.17, 15) is 0 Å². The van der Waals surface area contributed by atoms with Crippen LogP contribution in [-0.4, -0.2) is 13.1 Å². The third-order valence-corrected chi connectivity index (χ3v) is 4.16. The lowest BCUT2D eigenvalue weighted by Gasteiger charge is -2.03. The topological polar surface area (TPSA) is 12.0 Å². The van der Waals surface area contributed by atoms with Gasteiger partial charge in [0.1, 0.15) is 0 Å². The highest BCUT2D eigenvalue weighted by Gasteiger charge is 1.94. The molecule has 0 unspecified atom stereocenters. The Morgan fingerprint density at radius 2 is 1.09 bits per heavy atom. The Balaban J connectivity index is 0.000000841. The van der Waals surface area contributed by atoms with Gasteiger partial charge in [-0.2, -0.15) is 0 Å². The molecule has 1 aromatic rings. The zero-order chi connectivity index (χ0) is 17.0. The van der Waals surface area contributed by atoms with Gasteiger partial charge in [-0.25, -0.2) is 0 Å². The monoisotopic (exact) mass is 319 g/mol. The van der Waals surface area contributed by atoms with Crippen LogP contribution in [0.4, 0.5) is 0 Å². The second-order valence-electron chi connectivity index (χ2n) is 6.37. The van der Waals surface area contributed by atoms with E-state index >= 15 is 0 Å². The van der Waals surface area contributed by atoms with Crippen molar-refractivity contribution in [3.63, 3.8) is 0 Å². The summed E-state index contributed by atoms with van der Waals surface area (Å²) in [6.45, 7) is 8.67. The normalized spacial score (nSPS) is 10.2. The summed E-state index contributed by atoms with van der Waals surface area (Å²) in [7, 11) is 0. The highest BCUT2D eigenvalue weighted by Crippen LogP contribution is 2.12. The first kappa shape index (κ1) is 22.2. The summed E-state index contributed by atoms with van der Waals surface area (Å²) in [4.78, 5) is 0. The van der Waals surface area contributed by atoms with E-state index in [1.807, 2.05) is 0 Å². The van der Waals surface area contributed by atoms with Crippen molar-refractivity contribution in [2.45, 2.75) is 91.4 Å². The first-order chi connectivity index (χ1) is 11.3. The van der Waals surface area contributed by atoms with Gasteiger partial charge >= 0.3 is 0 Å². The van der Waals surface area contributed by atoms with Gasteiger partial charge in [-0.15, -0.1) is 0 Å². The standard InChI is InChI=1S/C18H30.C4H11N/c1-2-3-4-5-6-7-8-9-10-12-15-18-16-13-11-14-17-18;1-3-5-4-2/h11,13-14,16-17H,2-10,12,15H2,1H3;5H,3-4H2,1-2H3. The molecule has 0 aromatic heterocycles. The number of nitrogens with one attached hydrogen (secondary N) is 1. The molecule has 0 radical (unpaired) electrons. The molecule has 0 fully saturated rings. The van der Waals surface area contributed by atoms with Gasteiger partial charge < -0.3 is 5.32 Å². The average molecular weight is 320 g/mol. The third kappa shape index (κ3) is 17.4. The predicted molar refractivity (Wildman–Crippen MR) is 106 cm³/mol. The lowest BCUT2D eigenvalue weighted by atomic mass is 10.0. The van der Waals surface area contributed by atoms with Crippen LogP contribution in [0.2, 0.25) is 0 Å². The molecule has 0 aliphatic rings. The first-order valence-electron chi connectivity index (χ1n) is 10.1. The fourth-order valence-electron chi connectivity index (χ4n) is 2.71. The van der Waals surface area contributed by atoms with E-state index in [2.05, 4.69) is 56.4 Å². The molecule has 1 rings (SSSR count). The highest BCUT2D eigenvalue weighted by molar-refractivity contribution is 5.14. The van der Waals surface area contributed by atoms with Gasteiger partial charge in [0.15, 0.2) is 0 Å². The number of hydrogen-bond acceptors (Lipinski definition) is 1. The van der Waals surface area contributed by atoms with Gasteiger partial charge in [-0.3, -0.25) is 0 Å². The Morgan fingerprint density at radius 1 is 0.609 bits per heavy atom. The molecule has 1 N–H and O–H groups in total. The van der Waals surface area contributed by atoms with Crippen molar-refractivity contribution in [1.29, 1.82) is 0 Å². The molecule has 0 aliphatic carbocycles. The van der Waals surface area contributed by atoms with Gasteiger partial charge in [0.25, 0.3) is 0 Å². The van der Waals surface area contributed by atoms with Crippen LogP contribution in [0.1, 0.15) is 90.5 Å². The second kappa shape index (κ2) is 19.2. The van der Waals surface area contributed by atoms with E-state index in [1.54, 1.807) is 0 Å². The molecule has 0 amide bonds. The molecular weight excluding hydrogens is 278 g/mol. The minimum absolute atomic E-state index is 1.09. The maximum Gasteiger partial charge on any atom is -0.00775 e. The minimum Gasteiger partial charge on any atom is -0.317 e. The predicted octanol–water partition coefficient (Wildman–Crippen LogP) is 6.77. The van der Waals surface area contributed by atoms with Gasteiger partial charge in [0, 0.05) is 0 Å². The van der Waals surface area contributed by atoms with E-state index in [0.29, 0.717) is 0 Å². The molecule has 0 bridgehead atoms. The Morgan fingerprint density at radius 3 is 1.52 bits per heavy atom. The molecular formula is C22H41N. The van der Waals surface area contributed by atoms with Crippen LogP contribution < -0.4 is 5.32 Å². The summed E-state index contributed by atoms with van der Waals surface area (Å²) < 4.78 is 0. The second-order valence-corrected chi connectivity index (χ2v) is 6.37. The molecule has 1 heteroatoms. The van der Waals surface area contributed by atoms with E-state index in [0.717, 1.165) is 13.1 Å². The number of hydrogen-bond donors (Lipinski definition) is 1. The fraction of sp³-hybridized carbons (Fsp3) is 0.727. The quantitative estimate of drug-likeness (QED) is 0.396. The zero-order valence-corrected chi connectivity index (χ0v) is 16.1. The summed E-state index contributed by atoms with van der Waals surface area (Å²) in [6.07, 6.45) is 15.5. The summed E-state index contributed by atoms with van der Waals surface area (Å²) in [6, 6.07) is 10.9. The van der Waals surface area contributed by atoms with Crippen LogP contribution in [-0.2, 0) is 6.42 Å². The minimum atomic E-state index is 1.09. The van der Waals surface area contributed by atoms with Crippen LogP contribution in [0.3, 0.4) is 0 Å². The van der Waals surface area contributed by atoms with E-state index < -0.39 is 0 Å². The molecule has 0 aliphatic heterocycles. The third-order valence-electron chi connectivity index (χ3n) is 4.16. The van der Waals surface area contributed by atoms with Crippen molar-refractivity contribution in [2.75, 3.05) is 13.1 Å². The van der Waals surface area contributed by atoms with E-state index in [-0.39, 0.29) is 0 Å². The van der Waals surface area contributed by atoms with Crippen molar-refractivity contribution in [3.05, 3.63) is 35.9 Å². The maximum atomic E-state index is 3.11. The SMILES string of the molecule is CCCCCCCCCCCCc1ccccc1.CCNCC. The van der Waals surface area contributed by atoms with Crippen molar-refractivity contribution >= 4 is 0 Å². The maximum absolute atomic E-state index is 3.11. The number of rotatable bonds is 13. The largest absolute Gasteiger partial charge is 0.317 e. The number of benzene rings is 1. The molecule has 0 heterocycles. The molecule has 1 nitrogen and oxygen atoms in total. The first-order valence-corrected chi connectivity index (χ1v) is 10.1. The average Bonchev–Trinajstić information content (AvgIpc) is 2.59. The fourth-order valence-corrected chi connectivity index (χ4v) is 2.71. The van der Waals surface area contributed by atoms with Crippen molar-refractivity contribution in [3.8, 4) is 0 Å². The smallest absolute Gasteiger partial charge is 0.00775 e. The zero-order valence-electron chi connectivity index (χ0n) is 16.1. The van der Waals surface area contributed by atoms with E-state index in [4.69, 9.17) is 0 Å². The lowest BCUT2D eigenvalue weighted by molar-refractivity contribution is 0.556. The van der Waals surface area contributed by atoms with Crippen LogP contribution in [0, 0.1) is 0 Å². The lowest BCUT2D eigenvalue weighted by Crippen LogP contribution is -2.09. The summed E-state index contributed by atoms with van der Waals surface area (Å²) in [5.41, 5.74) is 1.50. The molecule has 0 atom stereocenters. The van der Waals surface area contributed by atoms with E-state index in [1.165, 1.54) is 76.2 Å². The molecule has 1 aromatic carbocycles. The summed E-state index contributed by atoms with van der Waals surface area (Å²) in [5, 5.41) is 3.11. The Hall–Kier alpha value is -0.820. The van der Waals surface area contributed by atoms with Gasteiger partial charge in [0.2, 0.25) is 0 Å². The molecule has 0 spiro atoms. The summed E-state index contributed by atoms with van der Waals surface area (Å²) in [5.74, 6) is 0. The van der Waals surface area contributed by atoms with Crippen LogP contribution in [0.5, 0.6) is 0 Å². The molecule has 0 saturated heterocycles. The summed E-state index contributed by atoms with van der Waals surface area (Å²) >= 11 is 0. The molecule has 0 saturated carbocycles. The highest BCUT2D eigenvalue weighted by atomic mass is 14.8. The van der Waals surface area contributed by atoms with Crippen molar-refractivity contribution in [2.24, 2.45) is 0 Å². The van der Waals surface area contributed by atoms with Crippen LogP contribution in [0.25, 0.3) is 0 Å². The molecule has 23 heavy (non-hydrogen) atoms. The van der Waals surface area contributed by atoms with Gasteiger partial charge in [-0.05, 0) is 31.5 Å². The Bertz CT molecular complexity index is 305. The Labute approximate surface area is 146 Å². The number of aryl methyl sites for hydroxylation is 1. The van der Waals surface area contributed by atoms with Crippen molar-refractivity contribution < 1.29 is 0 Å². The van der Waals surface area contributed by atoms with Crippen LogP contribution in [0.15, 0.2) is 30.3 Å². The Kier molecular flexibility index (Phi) is 18.5. The molecule has 134 valence electrons. The van der Waals surface area contributed by atoms with Gasteiger partial charge in [-0.1, -0.05) is 109 Å². The van der Waals surface area contributed by atoms with Crippen molar-refractivity contribution in [1.82, 2.24) is 5.32 Å².